The minimum atomic E-state index is -0.428. The monoisotopic (exact) mass is 313 g/mol. The first-order chi connectivity index (χ1) is 10.8. The maximum absolute atomic E-state index is 11.9. The van der Waals surface area contributed by atoms with Gasteiger partial charge in [-0.1, -0.05) is 25.1 Å². The molecule has 4 nitrogen and oxygen atoms in total. The van der Waals surface area contributed by atoms with Gasteiger partial charge in [-0.15, -0.1) is 11.3 Å². The first-order valence-electron chi connectivity index (χ1n) is 7.05. The van der Waals surface area contributed by atoms with Gasteiger partial charge in [0.25, 0.3) is 0 Å². The number of rotatable bonds is 5. The zero-order valence-electron chi connectivity index (χ0n) is 12.1. The van der Waals surface area contributed by atoms with Gasteiger partial charge in [0.15, 0.2) is 5.70 Å². The van der Waals surface area contributed by atoms with Gasteiger partial charge in [0, 0.05) is 0 Å². The maximum Gasteiger partial charge on any atom is 0.363 e. The summed E-state index contributed by atoms with van der Waals surface area (Å²) in [4.78, 5) is 17.0. The molecule has 0 saturated heterocycles. The molecule has 1 aliphatic heterocycles. The van der Waals surface area contributed by atoms with Gasteiger partial charge >= 0.3 is 5.97 Å². The van der Waals surface area contributed by atoms with Crippen molar-refractivity contribution in [3.05, 3.63) is 57.9 Å². The van der Waals surface area contributed by atoms with Crippen molar-refractivity contribution in [1.29, 1.82) is 0 Å². The molecule has 112 valence electrons. The van der Waals surface area contributed by atoms with Crippen LogP contribution in [0.4, 0.5) is 0 Å². The Morgan fingerprint density at radius 3 is 3.00 bits per heavy atom. The minimum Gasteiger partial charge on any atom is -0.494 e. The van der Waals surface area contributed by atoms with E-state index in [1.807, 2.05) is 41.8 Å². The summed E-state index contributed by atoms with van der Waals surface area (Å²) in [7, 11) is 0. The Morgan fingerprint density at radius 1 is 1.32 bits per heavy atom. The van der Waals surface area contributed by atoms with E-state index in [9.17, 15) is 4.79 Å². The first-order valence-corrected chi connectivity index (χ1v) is 7.93. The summed E-state index contributed by atoms with van der Waals surface area (Å²) in [6.07, 6.45) is 2.66. The lowest BCUT2D eigenvalue weighted by molar-refractivity contribution is -0.129. The van der Waals surface area contributed by atoms with Crippen LogP contribution in [0.1, 0.15) is 23.8 Å². The molecule has 0 unspecified atom stereocenters. The fourth-order valence-corrected chi connectivity index (χ4v) is 2.64. The van der Waals surface area contributed by atoms with Crippen molar-refractivity contribution < 1.29 is 14.3 Å². The Labute approximate surface area is 132 Å². The minimum absolute atomic E-state index is 0.302. The van der Waals surface area contributed by atoms with Crippen molar-refractivity contribution >= 4 is 29.3 Å². The zero-order valence-corrected chi connectivity index (χ0v) is 12.9. The number of aliphatic imine (C=N–C) groups is 1. The number of cyclic esters (lactones) is 1. The molecule has 0 bridgehead atoms. The molecule has 0 amide bonds. The molecular weight excluding hydrogens is 298 g/mol. The number of nitrogens with zero attached hydrogens (tertiary/aromatic N) is 1. The molecule has 3 rings (SSSR count). The van der Waals surface area contributed by atoms with Crippen molar-refractivity contribution in [1.82, 2.24) is 0 Å². The van der Waals surface area contributed by atoms with Crippen LogP contribution < -0.4 is 4.74 Å². The zero-order chi connectivity index (χ0) is 15.4. The second-order valence-corrected chi connectivity index (χ2v) is 5.68. The summed E-state index contributed by atoms with van der Waals surface area (Å²) < 4.78 is 10.8. The Kier molecular flexibility index (Phi) is 4.34. The van der Waals surface area contributed by atoms with Gasteiger partial charge in [0.05, 0.1) is 11.5 Å². The third-order valence-electron chi connectivity index (χ3n) is 2.99. The molecule has 0 radical (unpaired) electrons. The standard InChI is InChI=1S/C17H15NO3S/c1-2-8-20-13-6-3-5-12(10-13)11-14-17(19)21-16(18-14)15-7-4-9-22-15/h3-7,9-11H,2,8H2,1H3/b14-11+. The Balaban J connectivity index is 1.84. The van der Waals surface area contributed by atoms with Crippen molar-refractivity contribution in [2.45, 2.75) is 13.3 Å². The SMILES string of the molecule is CCCOc1cccc(/C=C2/N=C(c3cccs3)OC2=O)c1. The summed E-state index contributed by atoms with van der Waals surface area (Å²) in [6.45, 7) is 2.73. The smallest absolute Gasteiger partial charge is 0.363 e. The fourth-order valence-electron chi connectivity index (χ4n) is 1.99. The molecule has 1 aromatic carbocycles. The Bertz CT molecular complexity index is 732. The van der Waals surface area contributed by atoms with Crippen LogP contribution in [0.15, 0.2) is 52.5 Å². The number of benzene rings is 1. The molecule has 2 heterocycles. The van der Waals surface area contributed by atoms with Crippen LogP contribution in [0.2, 0.25) is 0 Å². The van der Waals surface area contributed by atoms with Gasteiger partial charge in [-0.2, -0.15) is 0 Å². The van der Waals surface area contributed by atoms with Crippen LogP contribution in [0.5, 0.6) is 5.75 Å². The number of hydrogen-bond acceptors (Lipinski definition) is 5. The average Bonchev–Trinajstić information content (AvgIpc) is 3.16. The maximum atomic E-state index is 11.9. The normalized spacial score (nSPS) is 15.8. The lowest BCUT2D eigenvalue weighted by Gasteiger charge is -2.04. The molecule has 5 heteroatoms. The Hall–Kier alpha value is -2.40. The van der Waals surface area contributed by atoms with E-state index in [0.29, 0.717) is 18.2 Å². The van der Waals surface area contributed by atoms with Gasteiger partial charge in [-0.05, 0) is 41.6 Å². The number of esters is 1. The largest absolute Gasteiger partial charge is 0.494 e. The second kappa shape index (κ2) is 6.58. The quantitative estimate of drug-likeness (QED) is 0.621. The van der Waals surface area contributed by atoms with E-state index in [2.05, 4.69) is 11.9 Å². The summed E-state index contributed by atoms with van der Waals surface area (Å²) >= 11 is 1.49. The van der Waals surface area contributed by atoms with Crippen molar-refractivity contribution in [3.8, 4) is 5.75 Å². The molecule has 0 saturated carbocycles. The second-order valence-electron chi connectivity index (χ2n) is 4.73. The van der Waals surface area contributed by atoms with Gasteiger partial charge in [0.2, 0.25) is 5.90 Å². The highest BCUT2D eigenvalue weighted by molar-refractivity contribution is 7.12. The number of carbonyl (C=O) groups is 1. The third-order valence-corrected chi connectivity index (χ3v) is 3.84. The van der Waals surface area contributed by atoms with E-state index in [-0.39, 0.29) is 0 Å². The van der Waals surface area contributed by atoms with E-state index < -0.39 is 5.97 Å². The van der Waals surface area contributed by atoms with Crippen LogP contribution in [0.3, 0.4) is 0 Å². The molecule has 0 atom stereocenters. The Morgan fingerprint density at radius 2 is 2.23 bits per heavy atom. The van der Waals surface area contributed by atoms with Crippen molar-refractivity contribution in [2.24, 2.45) is 4.99 Å². The first kappa shape index (κ1) is 14.5. The molecular formula is C17H15NO3S. The molecule has 0 fully saturated rings. The lowest BCUT2D eigenvalue weighted by Crippen LogP contribution is -2.03. The number of ether oxygens (including phenoxy) is 2. The molecule has 0 N–H and O–H groups in total. The van der Waals surface area contributed by atoms with E-state index in [0.717, 1.165) is 22.6 Å². The highest BCUT2D eigenvalue weighted by Gasteiger charge is 2.24. The number of carbonyl (C=O) groups excluding carboxylic acids is 1. The van der Waals surface area contributed by atoms with Gasteiger partial charge in [-0.3, -0.25) is 0 Å². The average molecular weight is 313 g/mol. The van der Waals surface area contributed by atoms with Crippen LogP contribution in [0, 0.1) is 0 Å². The molecule has 22 heavy (non-hydrogen) atoms. The summed E-state index contributed by atoms with van der Waals surface area (Å²) in [6, 6.07) is 11.3. The molecule has 1 aliphatic rings. The number of thiophene rings is 1. The highest BCUT2D eigenvalue weighted by Crippen LogP contribution is 2.23. The predicted octanol–water partition coefficient (Wildman–Crippen LogP) is 3.88. The summed E-state index contributed by atoms with van der Waals surface area (Å²) in [5.74, 6) is 0.720. The lowest BCUT2D eigenvalue weighted by atomic mass is 10.2. The molecule has 2 aromatic rings. The summed E-state index contributed by atoms with van der Waals surface area (Å²) in [5, 5.41) is 1.92. The molecule has 0 spiro atoms. The van der Waals surface area contributed by atoms with Gasteiger partial charge < -0.3 is 9.47 Å². The van der Waals surface area contributed by atoms with Gasteiger partial charge in [-0.25, -0.2) is 9.79 Å². The van der Waals surface area contributed by atoms with Crippen LogP contribution >= 0.6 is 11.3 Å². The van der Waals surface area contributed by atoms with E-state index in [1.165, 1.54) is 11.3 Å². The third kappa shape index (κ3) is 3.26. The number of hydrogen-bond donors (Lipinski definition) is 0. The predicted molar refractivity (Wildman–Crippen MR) is 87.2 cm³/mol. The van der Waals surface area contributed by atoms with E-state index >= 15 is 0 Å². The van der Waals surface area contributed by atoms with E-state index in [1.54, 1.807) is 6.08 Å². The van der Waals surface area contributed by atoms with Crippen LogP contribution in [-0.2, 0) is 9.53 Å². The highest BCUT2D eigenvalue weighted by atomic mass is 32.1. The van der Waals surface area contributed by atoms with Crippen LogP contribution in [0.25, 0.3) is 6.08 Å². The van der Waals surface area contributed by atoms with Gasteiger partial charge in [0.1, 0.15) is 5.75 Å². The molecule has 0 aliphatic carbocycles. The van der Waals surface area contributed by atoms with Crippen LogP contribution in [-0.4, -0.2) is 18.5 Å². The van der Waals surface area contributed by atoms with Crippen molar-refractivity contribution in [2.75, 3.05) is 6.61 Å². The topological polar surface area (TPSA) is 47.9 Å². The molecule has 1 aromatic heterocycles. The van der Waals surface area contributed by atoms with Crippen molar-refractivity contribution in [3.63, 3.8) is 0 Å². The summed E-state index contributed by atoms with van der Waals surface area (Å²) in [5.41, 5.74) is 1.16. The fraction of sp³-hybridized carbons (Fsp3) is 0.176. The van der Waals surface area contributed by atoms with E-state index in [4.69, 9.17) is 9.47 Å².